The van der Waals surface area contributed by atoms with Crippen LogP contribution in [0.4, 0.5) is 0 Å². The van der Waals surface area contributed by atoms with Crippen LogP contribution in [0, 0.1) is 0 Å². The van der Waals surface area contributed by atoms with Gasteiger partial charge in [0.15, 0.2) is 9.84 Å². The Morgan fingerprint density at radius 3 is 2.71 bits per heavy atom. The van der Waals surface area contributed by atoms with Gasteiger partial charge < -0.3 is 0 Å². The van der Waals surface area contributed by atoms with E-state index in [4.69, 9.17) is 12.2 Å². The number of thiocarbonyl (C=S) groups is 1. The van der Waals surface area contributed by atoms with Crippen molar-refractivity contribution in [3.05, 3.63) is 35.0 Å². The van der Waals surface area contributed by atoms with Crippen molar-refractivity contribution in [2.24, 2.45) is 0 Å². The zero-order valence-electron chi connectivity index (χ0n) is 10.9. The lowest BCUT2D eigenvalue weighted by Crippen LogP contribution is -2.39. The maximum Gasteiger partial charge on any atom is 0.266 e. The van der Waals surface area contributed by atoms with Gasteiger partial charge in [-0.05, 0) is 30.2 Å². The number of amides is 1. The molecule has 0 N–H and O–H groups in total. The van der Waals surface area contributed by atoms with Crippen molar-refractivity contribution in [3.8, 4) is 0 Å². The molecule has 110 valence electrons. The van der Waals surface area contributed by atoms with Gasteiger partial charge in [-0.1, -0.05) is 24.0 Å². The van der Waals surface area contributed by atoms with Crippen LogP contribution in [0.5, 0.6) is 0 Å². The molecule has 5 nitrogen and oxygen atoms in total. The number of aromatic nitrogens is 1. The highest BCUT2D eigenvalue weighted by Crippen LogP contribution is 2.36. The minimum atomic E-state index is -3.05. The molecule has 3 rings (SSSR count). The van der Waals surface area contributed by atoms with E-state index in [0.717, 1.165) is 5.56 Å². The number of nitrogens with zero attached hydrogens (tertiary/aromatic N) is 2. The zero-order chi connectivity index (χ0) is 15.0. The van der Waals surface area contributed by atoms with Gasteiger partial charge in [0, 0.05) is 12.4 Å². The largest absolute Gasteiger partial charge is 0.289 e. The van der Waals surface area contributed by atoms with Crippen LogP contribution in [0.2, 0.25) is 0 Å². The first-order valence-corrected chi connectivity index (χ1v) is 9.38. The molecular formula is C13H12N2O3S3. The molecule has 1 atom stereocenters. The van der Waals surface area contributed by atoms with Crippen LogP contribution in [0.1, 0.15) is 12.0 Å². The molecule has 2 aliphatic rings. The lowest BCUT2D eigenvalue weighted by molar-refractivity contribution is -0.123. The van der Waals surface area contributed by atoms with E-state index in [1.807, 2.05) is 0 Å². The third-order valence-electron chi connectivity index (χ3n) is 3.40. The average Bonchev–Trinajstić information content (AvgIpc) is 2.91. The van der Waals surface area contributed by atoms with Crippen molar-refractivity contribution < 1.29 is 13.2 Å². The van der Waals surface area contributed by atoms with Crippen LogP contribution in [-0.4, -0.2) is 46.1 Å². The summed E-state index contributed by atoms with van der Waals surface area (Å²) >= 11 is 6.46. The summed E-state index contributed by atoms with van der Waals surface area (Å²) in [5, 5.41) is 0. The van der Waals surface area contributed by atoms with Crippen molar-refractivity contribution >= 4 is 50.1 Å². The zero-order valence-corrected chi connectivity index (χ0v) is 13.4. The number of hydrogen-bond donors (Lipinski definition) is 0. The predicted octanol–water partition coefficient (Wildman–Crippen LogP) is 1.47. The number of rotatable bonds is 2. The van der Waals surface area contributed by atoms with Gasteiger partial charge in [0.05, 0.1) is 22.5 Å². The first-order chi connectivity index (χ1) is 9.96. The molecular weight excluding hydrogens is 328 g/mol. The van der Waals surface area contributed by atoms with Crippen LogP contribution < -0.4 is 0 Å². The normalized spacial score (nSPS) is 26.8. The smallest absolute Gasteiger partial charge is 0.266 e. The lowest BCUT2D eigenvalue weighted by Gasteiger charge is -2.20. The summed E-state index contributed by atoms with van der Waals surface area (Å²) in [4.78, 5) is 18.4. The summed E-state index contributed by atoms with van der Waals surface area (Å²) < 4.78 is 23.6. The fourth-order valence-electron chi connectivity index (χ4n) is 2.38. The summed E-state index contributed by atoms with van der Waals surface area (Å²) in [7, 11) is -3.05. The second-order valence-electron chi connectivity index (χ2n) is 4.89. The second kappa shape index (κ2) is 5.51. The molecule has 0 radical (unpaired) electrons. The van der Waals surface area contributed by atoms with Crippen molar-refractivity contribution in [2.75, 3.05) is 11.5 Å². The summed E-state index contributed by atoms with van der Waals surface area (Å²) in [6.45, 7) is 0. The summed E-state index contributed by atoms with van der Waals surface area (Å²) in [5.41, 5.74) is 0.865. The fraction of sp³-hybridized carbons (Fsp3) is 0.308. The molecule has 3 heterocycles. The molecule has 21 heavy (non-hydrogen) atoms. The van der Waals surface area contributed by atoms with Crippen molar-refractivity contribution in [1.82, 2.24) is 9.88 Å². The van der Waals surface area contributed by atoms with Crippen LogP contribution in [0.15, 0.2) is 29.4 Å². The topological polar surface area (TPSA) is 67.3 Å². The third kappa shape index (κ3) is 3.02. The van der Waals surface area contributed by atoms with Gasteiger partial charge in [0.25, 0.3) is 5.91 Å². The molecule has 1 aromatic rings. The highest BCUT2D eigenvalue weighted by molar-refractivity contribution is 8.26. The van der Waals surface area contributed by atoms with Gasteiger partial charge >= 0.3 is 0 Å². The van der Waals surface area contributed by atoms with E-state index >= 15 is 0 Å². The first-order valence-electron chi connectivity index (χ1n) is 6.34. The van der Waals surface area contributed by atoms with Gasteiger partial charge in [-0.15, -0.1) is 0 Å². The van der Waals surface area contributed by atoms with E-state index in [1.165, 1.54) is 16.7 Å². The van der Waals surface area contributed by atoms with E-state index in [9.17, 15) is 13.2 Å². The number of carbonyl (C=O) groups is 1. The Hall–Kier alpha value is -1.25. The Bertz CT molecular complexity index is 728. The maximum atomic E-state index is 12.5. The molecule has 1 amide bonds. The Morgan fingerprint density at radius 1 is 1.38 bits per heavy atom. The van der Waals surface area contributed by atoms with E-state index in [-0.39, 0.29) is 23.5 Å². The molecule has 2 saturated heterocycles. The SMILES string of the molecule is O=C1/C(=C\c2ccncc2)SC(=S)N1C1CCS(=O)(=O)C1. The van der Waals surface area contributed by atoms with Gasteiger partial charge in [0.2, 0.25) is 0 Å². The molecule has 2 aliphatic heterocycles. The molecule has 8 heteroatoms. The van der Waals surface area contributed by atoms with Gasteiger partial charge in [-0.3, -0.25) is 14.7 Å². The van der Waals surface area contributed by atoms with Crippen LogP contribution in [0.3, 0.4) is 0 Å². The van der Waals surface area contributed by atoms with Gasteiger partial charge in [-0.25, -0.2) is 8.42 Å². The minimum Gasteiger partial charge on any atom is -0.289 e. The molecule has 0 aromatic carbocycles. The molecule has 0 spiro atoms. The average molecular weight is 340 g/mol. The molecule has 2 fully saturated rings. The number of carbonyl (C=O) groups excluding carboxylic acids is 1. The Kier molecular flexibility index (Phi) is 3.85. The Labute approximate surface area is 132 Å². The van der Waals surface area contributed by atoms with E-state index in [2.05, 4.69) is 4.98 Å². The monoisotopic (exact) mass is 340 g/mol. The summed E-state index contributed by atoms with van der Waals surface area (Å²) in [5.74, 6) is -0.0796. The highest BCUT2D eigenvalue weighted by Gasteiger charge is 2.41. The molecule has 0 saturated carbocycles. The van der Waals surface area contributed by atoms with E-state index < -0.39 is 9.84 Å². The van der Waals surface area contributed by atoms with Crippen molar-refractivity contribution in [2.45, 2.75) is 12.5 Å². The quantitative estimate of drug-likeness (QED) is 0.600. The first kappa shape index (κ1) is 14.7. The molecule has 1 unspecified atom stereocenters. The van der Waals surface area contributed by atoms with Crippen LogP contribution in [0.25, 0.3) is 6.08 Å². The highest BCUT2D eigenvalue weighted by atomic mass is 32.2. The second-order valence-corrected chi connectivity index (χ2v) is 8.79. The standard InChI is InChI=1S/C13H12N2O3S3/c16-12-11(7-9-1-4-14-5-2-9)20-13(19)15(12)10-3-6-21(17,18)8-10/h1-2,4-5,7,10H,3,6,8H2/b11-7+. The van der Waals surface area contributed by atoms with Crippen molar-refractivity contribution in [1.29, 1.82) is 0 Å². The lowest BCUT2D eigenvalue weighted by atomic mass is 10.2. The van der Waals surface area contributed by atoms with E-state index in [1.54, 1.807) is 30.6 Å². The van der Waals surface area contributed by atoms with Crippen molar-refractivity contribution in [3.63, 3.8) is 0 Å². The number of sulfone groups is 1. The predicted molar refractivity (Wildman–Crippen MR) is 86.3 cm³/mol. The molecule has 0 bridgehead atoms. The minimum absolute atomic E-state index is 0.00196. The van der Waals surface area contributed by atoms with Crippen LogP contribution >= 0.6 is 24.0 Å². The summed E-state index contributed by atoms with van der Waals surface area (Å²) in [6, 6.07) is 3.27. The van der Waals surface area contributed by atoms with Crippen LogP contribution in [-0.2, 0) is 14.6 Å². The third-order valence-corrected chi connectivity index (χ3v) is 6.48. The summed E-state index contributed by atoms with van der Waals surface area (Å²) in [6.07, 6.45) is 5.51. The Balaban J connectivity index is 1.85. The number of hydrogen-bond acceptors (Lipinski definition) is 6. The number of thioether (sulfide) groups is 1. The molecule has 0 aliphatic carbocycles. The number of pyridine rings is 1. The fourth-order valence-corrected chi connectivity index (χ4v) is 5.48. The van der Waals surface area contributed by atoms with Gasteiger partial charge in [0.1, 0.15) is 4.32 Å². The van der Waals surface area contributed by atoms with E-state index in [0.29, 0.717) is 15.6 Å². The van der Waals surface area contributed by atoms with Gasteiger partial charge in [-0.2, -0.15) is 0 Å². The Morgan fingerprint density at radius 2 is 2.10 bits per heavy atom. The maximum absolute atomic E-state index is 12.5. The molecule has 1 aromatic heterocycles.